The zero-order chi connectivity index (χ0) is 9.72. The molecule has 80 valence electrons. The lowest BCUT2D eigenvalue weighted by atomic mass is 10.1. The Balaban J connectivity index is 0. The van der Waals surface area contributed by atoms with E-state index in [0.29, 0.717) is 0 Å². The first kappa shape index (κ1) is 15.2. The van der Waals surface area contributed by atoms with Crippen molar-refractivity contribution in [2.45, 2.75) is 18.3 Å². The average molecular weight is 216 g/mol. The number of nitrogens with two attached hydrogens (primary N) is 1. The van der Waals surface area contributed by atoms with Crippen molar-refractivity contribution >= 4 is 18.2 Å². The summed E-state index contributed by atoms with van der Waals surface area (Å²) in [7, 11) is 0. The second-order valence-electron chi connectivity index (χ2n) is 2.36. The molecule has 0 unspecified atom stereocenters. The first-order valence-electron chi connectivity index (χ1n) is 3.42. The van der Waals surface area contributed by atoms with Gasteiger partial charge in [0, 0.05) is 0 Å². The minimum Gasteiger partial charge on any atom is -0.394 e. The summed E-state index contributed by atoms with van der Waals surface area (Å²) in [6, 6.07) is 0. The fourth-order valence-electron chi connectivity index (χ4n) is 0.630. The molecule has 0 aliphatic rings. The molecule has 0 spiro atoms. The summed E-state index contributed by atoms with van der Waals surface area (Å²) in [4.78, 5) is 10.6. The van der Waals surface area contributed by atoms with Crippen molar-refractivity contribution < 1.29 is 25.2 Å². The van der Waals surface area contributed by atoms with Crippen molar-refractivity contribution in [3.8, 4) is 0 Å². The van der Waals surface area contributed by atoms with Gasteiger partial charge in [0.2, 0.25) is 0 Å². The normalized spacial score (nSPS) is 17.0. The summed E-state index contributed by atoms with van der Waals surface area (Å²) in [6.45, 7) is -1.15. The summed E-state index contributed by atoms with van der Waals surface area (Å²) < 4.78 is 0. The Bertz CT molecular complexity index is 156. The molecule has 0 aliphatic heterocycles. The van der Waals surface area contributed by atoms with Crippen LogP contribution in [0.5, 0.6) is 0 Å². The molecule has 0 saturated heterocycles. The Morgan fingerprint density at radius 2 is 1.77 bits per heavy atom. The number of carbonyl (C=O) groups is 1. The number of halogens is 1. The molecule has 0 bridgehead atoms. The Hall–Kier alpha value is -0.240. The maximum Gasteiger partial charge on any atom is 0.177 e. The van der Waals surface area contributed by atoms with E-state index in [9.17, 15) is 4.79 Å². The quantitative estimate of drug-likeness (QED) is 0.333. The molecule has 0 fully saturated rings. The summed E-state index contributed by atoms with van der Waals surface area (Å²) in [5, 5.41) is 35.0. The van der Waals surface area contributed by atoms with Crippen molar-refractivity contribution in [2.75, 3.05) is 13.2 Å². The average Bonchev–Trinajstić information content (AvgIpc) is 2.12. The van der Waals surface area contributed by atoms with Gasteiger partial charge in [0.25, 0.3) is 0 Å². The van der Waals surface area contributed by atoms with Crippen LogP contribution in [0.25, 0.3) is 0 Å². The van der Waals surface area contributed by atoms with Crippen LogP contribution in [0.15, 0.2) is 0 Å². The maximum absolute atomic E-state index is 10.6. The number of ketones is 1. The standard InChI is InChI=1S/C6H13NO5.ClH/c7-1-3(9)5(11)6(12)4(10)2-8;/h4-6,8,10-12H,1-2,7H2;1H/t4-,5+,6-;/m1./s1. The van der Waals surface area contributed by atoms with Gasteiger partial charge in [-0.15, -0.1) is 12.4 Å². The van der Waals surface area contributed by atoms with Gasteiger partial charge in [-0.05, 0) is 0 Å². The fourth-order valence-corrected chi connectivity index (χ4v) is 0.630. The lowest BCUT2D eigenvalue weighted by Crippen LogP contribution is -2.45. The largest absolute Gasteiger partial charge is 0.394 e. The monoisotopic (exact) mass is 215 g/mol. The summed E-state index contributed by atoms with van der Waals surface area (Å²) >= 11 is 0. The van der Waals surface area contributed by atoms with Crippen molar-refractivity contribution in [2.24, 2.45) is 5.73 Å². The molecule has 0 radical (unpaired) electrons. The molecule has 0 aromatic rings. The third-order valence-electron chi connectivity index (χ3n) is 1.44. The third kappa shape index (κ3) is 4.51. The molecule has 0 rings (SSSR count). The number of carbonyl (C=O) groups excluding carboxylic acids is 1. The highest BCUT2D eigenvalue weighted by atomic mass is 35.5. The number of hydrogen-bond acceptors (Lipinski definition) is 6. The minimum atomic E-state index is -1.74. The van der Waals surface area contributed by atoms with Gasteiger partial charge >= 0.3 is 0 Å². The molecule has 0 saturated carbocycles. The molecule has 0 aromatic heterocycles. The van der Waals surface area contributed by atoms with Gasteiger partial charge in [0.15, 0.2) is 5.78 Å². The van der Waals surface area contributed by atoms with Crippen LogP contribution in [-0.2, 0) is 4.79 Å². The van der Waals surface area contributed by atoms with Crippen LogP contribution in [0.3, 0.4) is 0 Å². The second kappa shape index (κ2) is 7.19. The highest BCUT2D eigenvalue weighted by molar-refractivity contribution is 5.85. The van der Waals surface area contributed by atoms with Gasteiger partial charge in [0.05, 0.1) is 13.2 Å². The van der Waals surface area contributed by atoms with E-state index >= 15 is 0 Å². The van der Waals surface area contributed by atoms with Gasteiger partial charge in [-0.25, -0.2) is 0 Å². The van der Waals surface area contributed by atoms with Crippen LogP contribution in [0.2, 0.25) is 0 Å². The van der Waals surface area contributed by atoms with Crippen molar-refractivity contribution in [1.29, 1.82) is 0 Å². The van der Waals surface area contributed by atoms with E-state index in [1.807, 2.05) is 0 Å². The Morgan fingerprint density at radius 1 is 1.31 bits per heavy atom. The van der Waals surface area contributed by atoms with E-state index in [0.717, 1.165) is 0 Å². The molecular weight excluding hydrogens is 202 g/mol. The zero-order valence-electron chi connectivity index (χ0n) is 6.83. The van der Waals surface area contributed by atoms with Crippen molar-refractivity contribution in [3.63, 3.8) is 0 Å². The number of aliphatic hydroxyl groups is 4. The maximum atomic E-state index is 10.6. The summed E-state index contributed by atoms with van der Waals surface area (Å²) in [5.41, 5.74) is 4.89. The van der Waals surface area contributed by atoms with E-state index in [1.165, 1.54) is 0 Å². The number of rotatable bonds is 5. The second-order valence-corrected chi connectivity index (χ2v) is 2.36. The molecule has 6 N–H and O–H groups in total. The highest BCUT2D eigenvalue weighted by Crippen LogP contribution is 2.00. The van der Waals surface area contributed by atoms with E-state index in [2.05, 4.69) is 0 Å². The predicted molar refractivity (Wildman–Crippen MR) is 46.4 cm³/mol. The Labute approximate surface area is 81.4 Å². The molecule has 0 heterocycles. The number of aliphatic hydroxyl groups excluding tert-OH is 4. The highest BCUT2D eigenvalue weighted by Gasteiger charge is 2.28. The predicted octanol–water partition coefficient (Wildman–Crippen LogP) is -2.99. The topological polar surface area (TPSA) is 124 Å². The van der Waals surface area contributed by atoms with E-state index in [4.69, 9.17) is 26.2 Å². The van der Waals surface area contributed by atoms with Crippen LogP contribution >= 0.6 is 12.4 Å². The van der Waals surface area contributed by atoms with Gasteiger partial charge in [0.1, 0.15) is 18.3 Å². The van der Waals surface area contributed by atoms with Crippen LogP contribution < -0.4 is 5.73 Å². The van der Waals surface area contributed by atoms with Crippen LogP contribution in [0.1, 0.15) is 0 Å². The van der Waals surface area contributed by atoms with Gasteiger partial charge in [-0.2, -0.15) is 0 Å². The fraction of sp³-hybridized carbons (Fsp3) is 0.833. The summed E-state index contributed by atoms with van der Waals surface area (Å²) in [6.07, 6.45) is -4.96. The zero-order valence-corrected chi connectivity index (χ0v) is 7.65. The van der Waals surface area contributed by atoms with Crippen LogP contribution in [0.4, 0.5) is 0 Å². The lowest BCUT2D eigenvalue weighted by molar-refractivity contribution is -0.138. The van der Waals surface area contributed by atoms with Crippen LogP contribution in [-0.4, -0.2) is 57.7 Å². The van der Waals surface area contributed by atoms with E-state index < -0.39 is 37.2 Å². The van der Waals surface area contributed by atoms with E-state index in [1.54, 1.807) is 0 Å². The van der Waals surface area contributed by atoms with E-state index in [-0.39, 0.29) is 12.4 Å². The molecular formula is C6H14ClNO5. The SMILES string of the molecule is Cl.NCC(=O)[C@H](O)[C@H](O)[C@H](O)CO. The Kier molecular flexibility index (Phi) is 8.43. The molecule has 0 aromatic carbocycles. The van der Waals surface area contributed by atoms with Gasteiger partial charge < -0.3 is 26.2 Å². The Morgan fingerprint density at radius 3 is 2.08 bits per heavy atom. The molecule has 13 heavy (non-hydrogen) atoms. The summed E-state index contributed by atoms with van der Waals surface area (Å²) in [5.74, 6) is -0.782. The molecule has 0 amide bonds. The number of hydrogen-bond donors (Lipinski definition) is 5. The van der Waals surface area contributed by atoms with Gasteiger partial charge in [-0.3, -0.25) is 4.79 Å². The van der Waals surface area contributed by atoms with Crippen molar-refractivity contribution in [1.82, 2.24) is 0 Å². The molecule has 7 heteroatoms. The minimum absolute atomic E-state index is 0. The number of Topliss-reactive ketones (excluding diaryl/α,β-unsaturated/α-hetero) is 1. The lowest BCUT2D eigenvalue weighted by Gasteiger charge is -2.19. The molecule has 6 nitrogen and oxygen atoms in total. The molecule has 3 atom stereocenters. The smallest absolute Gasteiger partial charge is 0.177 e. The van der Waals surface area contributed by atoms with Crippen molar-refractivity contribution in [3.05, 3.63) is 0 Å². The first-order valence-corrected chi connectivity index (χ1v) is 3.42. The van der Waals surface area contributed by atoms with Crippen LogP contribution in [0, 0.1) is 0 Å². The van der Waals surface area contributed by atoms with Gasteiger partial charge in [-0.1, -0.05) is 0 Å². The third-order valence-corrected chi connectivity index (χ3v) is 1.44. The molecule has 0 aliphatic carbocycles. The first-order chi connectivity index (χ1) is 5.54.